The number of nitrogens with zero attached hydrogens (tertiary/aromatic N) is 5. The van der Waals surface area contributed by atoms with Gasteiger partial charge in [0.25, 0.3) is 0 Å². The minimum Gasteiger partial charge on any atom is -0.354 e. The molecule has 110 valence electrons. The topological polar surface area (TPSA) is 84.3 Å². The van der Waals surface area contributed by atoms with Crippen molar-refractivity contribution in [1.29, 1.82) is 0 Å². The number of anilines is 1. The third-order valence-corrected chi connectivity index (χ3v) is 2.72. The van der Waals surface area contributed by atoms with E-state index in [1.807, 2.05) is 6.92 Å². The highest BCUT2D eigenvalue weighted by Gasteiger charge is 2.34. The summed E-state index contributed by atoms with van der Waals surface area (Å²) < 4.78 is 39.0. The lowest BCUT2D eigenvalue weighted by molar-refractivity contribution is -0.141. The first kappa shape index (κ1) is 13.3. The molecule has 3 heterocycles. The molecule has 0 aliphatic heterocycles. The summed E-state index contributed by atoms with van der Waals surface area (Å²) in [7, 11) is 0. The highest BCUT2D eigenvalue weighted by Crippen LogP contribution is 2.28. The van der Waals surface area contributed by atoms with Crippen molar-refractivity contribution in [2.75, 3.05) is 11.9 Å². The molecule has 0 atom stereocenters. The summed E-state index contributed by atoms with van der Waals surface area (Å²) in [5.41, 5.74) is -0.567. The van der Waals surface area contributed by atoms with Crippen LogP contribution < -0.4 is 5.32 Å². The van der Waals surface area contributed by atoms with Crippen LogP contribution in [0.4, 0.5) is 19.1 Å². The van der Waals surface area contributed by atoms with E-state index >= 15 is 0 Å². The Balaban J connectivity index is 2.14. The maximum Gasteiger partial charge on any atom is 0.435 e. The summed E-state index contributed by atoms with van der Waals surface area (Å²) in [6, 6.07) is 0.890. The number of fused-ring (bicyclic) bond motifs is 1. The molecule has 0 saturated heterocycles. The number of hydrogen-bond acceptors (Lipinski definition) is 5. The molecule has 0 aliphatic carbocycles. The van der Waals surface area contributed by atoms with Gasteiger partial charge in [-0.3, -0.25) is 5.10 Å². The average molecular weight is 297 g/mol. The van der Waals surface area contributed by atoms with Gasteiger partial charge in [-0.2, -0.15) is 33.3 Å². The molecule has 0 amide bonds. The van der Waals surface area contributed by atoms with Crippen LogP contribution in [0.15, 0.2) is 18.5 Å². The molecule has 0 bridgehead atoms. The van der Waals surface area contributed by atoms with Crippen molar-refractivity contribution in [1.82, 2.24) is 29.9 Å². The summed E-state index contributed by atoms with van der Waals surface area (Å²) in [5, 5.41) is 13.4. The zero-order valence-electron chi connectivity index (χ0n) is 10.8. The zero-order chi connectivity index (χ0) is 15.0. The molecule has 0 unspecified atom stereocenters. The van der Waals surface area contributed by atoms with E-state index in [2.05, 4.69) is 30.6 Å². The lowest BCUT2D eigenvalue weighted by atomic mass is 10.4. The predicted molar refractivity (Wildman–Crippen MR) is 68.0 cm³/mol. The zero-order valence-corrected chi connectivity index (χ0v) is 10.8. The first-order valence-electron chi connectivity index (χ1n) is 6.07. The minimum absolute atomic E-state index is 0.222. The Kier molecular flexibility index (Phi) is 3.00. The normalized spacial score (nSPS) is 12.0. The Bertz CT molecular complexity index is 774. The van der Waals surface area contributed by atoms with Gasteiger partial charge in [0.1, 0.15) is 0 Å². The van der Waals surface area contributed by atoms with Gasteiger partial charge in [0.15, 0.2) is 17.2 Å². The van der Waals surface area contributed by atoms with Crippen LogP contribution in [0.1, 0.15) is 12.6 Å². The fourth-order valence-electron chi connectivity index (χ4n) is 1.82. The van der Waals surface area contributed by atoms with Crippen LogP contribution in [-0.4, -0.2) is 36.5 Å². The van der Waals surface area contributed by atoms with Crippen molar-refractivity contribution < 1.29 is 13.2 Å². The molecule has 0 spiro atoms. The second kappa shape index (κ2) is 4.72. The highest BCUT2D eigenvalue weighted by atomic mass is 19.4. The van der Waals surface area contributed by atoms with E-state index in [1.54, 1.807) is 0 Å². The Morgan fingerprint density at radius 2 is 2.14 bits per heavy atom. The molecule has 7 nitrogen and oxygen atoms in total. The molecule has 10 heteroatoms. The third kappa shape index (κ3) is 2.39. The Morgan fingerprint density at radius 1 is 1.33 bits per heavy atom. The van der Waals surface area contributed by atoms with Crippen molar-refractivity contribution >= 4 is 17.0 Å². The van der Waals surface area contributed by atoms with Gasteiger partial charge in [0, 0.05) is 12.7 Å². The van der Waals surface area contributed by atoms with Gasteiger partial charge in [-0.25, -0.2) is 4.68 Å². The van der Waals surface area contributed by atoms with Crippen LogP contribution in [0.3, 0.4) is 0 Å². The van der Waals surface area contributed by atoms with Crippen LogP contribution in [0.25, 0.3) is 16.9 Å². The van der Waals surface area contributed by atoms with E-state index in [0.29, 0.717) is 17.6 Å². The number of aromatic amines is 1. The average Bonchev–Trinajstić information content (AvgIpc) is 3.06. The van der Waals surface area contributed by atoms with Crippen LogP contribution in [0, 0.1) is 0 Å². The number of halogens is 3. The summed E-state index contributed by atoms with van der Waals surface area (Å²) in [6.07, 6.45) is -1.86. The third-order valence-electron chi connectivity index (χ3n) is 2.72. The van der Waals surface area contributed by atoms with Gasteiger partial charge >= 0.3 is 6.18 Å². The Hall–Kier alpha value is -2.65. The number of nitrogens with one attached hydrogen (secondary N) is 2. The molecule has 3 aromatic rings. The fraction of sp³-hybridized carbons (Fsp3) is 0.273. The van der Waals surface area contributed by atoms with E-state index in [4.69, 9.17) is 0 Å². The number of aromatic nitrogens is 6. The Morgan fingerprint density at radius 3 is 2.81 bits per heavy atom. The van der Waals surface area contributed by atoms with Crippen molar-refractivity contribution in [2.24, 2.45) is 0 Å². The molecule has 0 fully saturated rings. The molecule has 0 radical (unpaired) electrons. The summed E-state index contributed by atoms with van der Waals surface area (Å²) in [5.74, 6) is 0.508. The second-order valence-electron chi connectivity index (χ2n) is 4.18. The maximum absolute atomic E-state index is 12.6. The second-order valence-corrected chi connectivity index (χ2v) is 4.18. The van der Waals surface area contributed by atoms with Crippen molar-refractivity contribution in [2.45, 2.75) is 13.1 Å². The number of alkyl halides is 3. The van der Waals surface area contributed by atoms with Gasteiger partial charge in [-0.15, -0.1) is 0 Å². The SMILES string of the molecule is CCNc1nc(-n2ccc(C(F)(F)F)n2)c2cn[nH]c2n1. The lowest BCUT2D eigenvalue weighted by Crippen LogP contribution is -2.09. The molecule has 2 N–H and O–H groups in total. The smallest absolute Gasteiger partial charge is 0.354 e. The van der Waals surface area contributed by atoms with E-state index in [-0.39, 0.29) is 11.8 Å². The first-order valence-corrected chi connectivity index (χ1v) is 6.07. The van der Waals surface area contributed by atoms with Gasteiger partial charge in [0.05, 0.1) is 11.6 Å². The van der Waals surface area contributed by atoms with Crippen LogP contribution in [0.5, 0.6) is 0 Å². The maximum atomic E-state index is 12.6. The van der Waals surface area contributed by atoms with Gasteiger partial charge in [-0.1, -0.05) is 0 Å². The molecule has 3 rings (SSSR count). The standard InChI is InChI=1S/C11H10F3N7/c1-2-15-10-17-8-6(5-16-19-8)9(18-10)21-4-3-7(20-21)11(12,13)14/h3-5H,2H2,1H3,(H2,15,16,17,18,19). The van der Waals surface area contributed by atoms with Crippen LogP contribution in [-0.2, 0) is 6.18 Å². The minimum atomic E-state index is -4.50. The summed E-state index contributed by atoms with van der Waals surface area (Å²) in [6.45, 7) is 2.43. The predicted octanol–water partition coefficient (Wildman–Crippen LogP) is 1.99. The summed E-state index contributed by atoms with van der Waals surface area (Å²) in [4.78, 5) is 8.34. The molecular formula is C11H10F3N7. The number of rotatable bonds is 3. The molecular weight excluding hydrogens is 287 g/mol. The quantitative estimate of drug-likeness (QED) is 0.772. The van der Waals surface area contributed by atoms with E-state index in [1.165, 1.54) is 12.4 Å². The summed E-state index contributed by atoms with van der Waals surface area (Å²) >= 11 is 0. The highest BCUT2D eigenvalue weighted by molar-refractivity contribution is 5.82. The van der Waals surface area contributed by atoms with E-state index in [0.717, 1.165) is 10.7 Å². The van der Waals surface area contributed by atoms with Crippen LogP contribution in [0.2, 0.25) is 0 Å². The van der Waals surface area contributed by atoms with E-state index in [9.17, 15) is 13.2 Å². The number of H-pyrrole nitrogens is 1. The fourth-order valence-corrected chi connectivity index (χ4v) is 1.82. The van der Waals surface area contributed by atoms with Crippen molar-refractivity contribution in [3.8, 4) is 5.82 Å². The van der Waals surface area contributed by atoms with Gasteiger partial charge in [-0.05, 0) is 13.0 Å². The lowest BCUT2D eigenvalue weighted by Gasteiger charge is -2.06. The van der Waals surface area contributed by atoms with Gasteiger partial charge in [0.2, 0.25) is 5.95 Å². The monoisotopic (exact) mass is 297 g/mol. The van der Waals surface area contributed by atoms with Crippen molar-refractivity contribution in [3.63, 3.8) is 0 Å². The Labute approximate surface area is 116 Å². The van der Waals surface area contributed by atoms with E-state index < -0.39 is 11.9 Å². The molecule has 3 aromatic heterocycles. The number of hydrogen-bond donors (Lipinski definition) is 2. The first-order chi connectivity index (χ1) is 9.99. The largest absolute Gasteiger partial charge is 0.435 e. The van der Waals surface area contributed by atoms with Gasteiger partial charge < -0.3 is 5.32 Å². The van der Waals surface area contributed by atoms with Crippen LogP contribution >= 0.6 is 0 Å². The molecule has 0 aromatic carbocycles. The molecule has 0 saturated carbocycles. The molecule has 21 heavy (non-hydrogen) atoms. The van der Waals surface area contributed by atoms with Crippen molar-refractivity contribution in [3.05, 3.63) is 24.2 Å². The molecule has 0 aliphatic rings.